The van der Waals surface area contributed by atoms with Gasteiger partial charge in [0.05, 0.1) is 5.56 Å². The Morgan fingerprint density at radius 1 is 1.04 bits per heavy atom. The number of amides is 2. The molecule has 0 radical (unpaired) electrons. The summed E-state index contributed by atoms with van der Waals surface area (Å²) in [5.74, 6) is 0.868. The Bertz CT molecular complexity index is 796. The molecule has 1 fully saturated rings. The summed E-state index contributed by atoms with van der Waals surface area (Å²) in [5, 5.41) is 5.78. The predicted octanol–water partition coefficient (Wildman–Crippen LogP) is 3.92. The predicted molar refractivity (Wildman–Crippen MR) is 108 cm³/mol. The summed E-state index contributed by atoms with van der Waals surface area (Å²) in [4.78, 5) is 31.1. The maximum absolute atomic E-state index is 12.7. The van der Waals surface area contributed by atoms with E-state index in [1.807, 2.05) is 13.8 Å². The van der Waals surface area contributed by atoms with Gasteiger partial charge in [0.25, 0.3) is 5.91 Å². The zero-order chi connectivity index (χ0) is 19.2. The van der Waals surface area contributed by atoms with Gasteiger partial charge in [-0.1, -0.05) is 13.8 Å². The van der Waals surface area contributed by atoms with Crippen molar-refractivity contribution >= 4 is 29.0 Å². The fourth-order valence-corrected chi connectivity index (χ4v) is 3.17. The van der Waals surface area contributed by atoms with Gasteiger partial charge in [-0.2, -0.15) is 0 Å². The van der Waals surface area contributed by atoms with Gasteiger partial charge in [0.2, 0.25) is 5.91 Å². The van der Waals surface area contributed by atoms with E-state index in [1.165, 1.54) is 0 Å². The minimum Gasteiger partial charge on any atom is -0.356 e. The van der Waals surface area contributed by atoms with E-state index in [0.717, 1.165) is 37.4 Å². The first kappa shape index (κ1) is 18.9. The van der Waals surface area contributed by atoms with Crippen LogP contribution in [0.15, 0.2) is 42.6 Å². The molecule has 1 saturated heterocycles. The van der Waals surface area contributed by atoms with Gasteiger partial charge in [0, 0.05) is 37.1 Å². The van der Waals surface area contributed by atoms with Crippen molar-refractivity contribution in [2.75, 3.05) is 28.6 Å². The third-order valence-corrected chi connectivity index (χ3v) is 4.46. The zero-order valence-electron chi connectivity index (χ0n) is 15.9. The number of anilines is 3. The van der Waals surface area contributed by atoms with Crippen LogP contribution in [0.1, 0.15) is 43.5 Å². The van der Waals surface area contributed by atoms with Crippen LogP contribution in [0.5, 0.6) is 0 Å². The van der Waals surface area contributed by atoms with E-state index in [4.69, 9.17) is 0 Å². The van der Waals surface area contributed by atoms with E-state index in [2.05, 4.69) is 20.5 Å². The second-order valence-electron chi connectivity index (χ2n) is 7.25. The Kier molecular flexibility index (Phi) is 6.06. The molecule has 0 spiro atoms. The van der Waals surface area contributed by atoms with E-state index in [9.17, 15) is 9.59 Å². The van der Waals surface area contributed by atoms with Gasteiger partial charge in [0.1, 0.15) is 5.82 Å². The smallest absolute Gasteiger partial charge is 0.259 e. The Hall–Kier alpha value is -2.89. The minimum absolute atomic E-state index is 0.00704. The van der Waals surface area contributed by atoms with Gasteiger partial charge in [-0.05, 0) is 55.2 Å². The summed E-state index contributed by atoms with van der Waals surface area (Å²) in [6.45, 7) is 5.88. The summed E-state index contributed by atoms with van der Waals surface area (Å²) < 4.78 is 0. The second-order valence-corrected chi connectivity index (χ2v) is 7.25. The Morgan fingerprint density at radius 3 is 2.30 bits per heavy atom. The molecule has 6 nitrogen and oxygen atoms in total. The van der Waals surface area contributed by atoms with Crippen molar-refractivity contribution in [2.24, 2.45) is 5.92 Å². The molecule has 1 aromatic carbocycles. The molecule has 3 rings (SSSR count). The van der Waals surface area contributed by atoms with Crippen molar-refractivity contribution in [1.82, 2.24) is 4.98 Å². The van der Waals surface area contributed by atoms with Crippen molar-refractivity contribution in [3.63, 3.8) is 0 Å². The second kappa shape index (κ2) is 8.66. The minimum atomic E-state index is -0.179. The summed E-state index contributed by atoms with van der Waals surface area (Å²) >= 11 is 0. The number of carbonyl (C=O) groups is 2. The molecule has 2 aromatic rings. The number of rotatable bonds is 6. The van der Waals surface area contributed by atoms with Crippen LogP contribution >= 0.6 is 0 Å². The first-order valence-electron chi connectivity index (χ1n) is 9.44. The van der Waals surface area contributed by atoms with Crippen LogP contribution in [-0.4, -0.2) is 29.9 Å². The fourth-order valence-electron chi connectivity index (χ4n) is 3.17. The molecule has 6 heteroatoms. The maximum Gasteiger partial charge on any atom is 0.259 e. The molecule has 1 aliphatic heterocycles. The van der Waals surface area contributed by atoms with Crippen molar-refractivity contribution in [1.29, 1.82) is 0 Å². The highest BCUT2D eigenvalue weighted by Gasteiger charge is 2.20. The number of benzene rings is 1. The monoisotopic (exact) mass is 366 g/mol. The lowest BCUT2D eigenvalue weighted by molar-refractivity contribution is -0.116. The number of carbonyl (C=O) groups excluding carboxylic acids is 2. The van der Waals surface area contributed by atoms with Gasteiger partial charge in [0.15, 0.2) is 0 Å². The van der Waals surface area contributed by atoms with Crippen LogP contribution in [0.25, 0.3) is 0 Å². The molecule has 0 saturated carbocycles. The van der Waals surface area contributed by atoms with Gasteiger partial charge >= 0.3 is 0 Å². The fraction of sp³-hybridized carbons (Fsp3) is 0.381. The molecule has 1 aromatic heterocycles. The van der Waals surface area contributed by atoms with Crippen LogP contribution in [-0.2, 0) is 4.79 Å². The number of aromatic nitrogens is 1. The molecular weight excluding hydrogens is 340 g/mol. The third kappa shape index (κ3) is 5.06. The van der Waals surface area contributed by atoms with Gasteiger partial charge in [-0.15, -0.1) is 0 Å². The number of nitrogens with one attached hydrogen (secondary N) is 2. The molecule has 0 unspecified atom stereocenters. The molecule has 0 atom stereocenters. The van der Waals surface area contributed by atoms with E-state index in [-0.39, 0.29) is 11.8 Å². The van der Waals surface area contributed by atoms with Gasteiger partial charge < -0.3 is 15.5 Å². The topological polar surface area (TPSA) is 74.3 Å². The van der Waals surface area contributed by atoms with Gasteiger partial charge in [-0.25, -0.2) is 4.98 Å². The SMILES string of the molecule is CC(C)CC(=O)Nc1ccc(NC(=O)c2cccnc2N2CCCC2)cc1. The molecule has 0 bridgehead atoms. The highest BCUT2D eigenvalue weighted by molar-refractivity contribution is 6.07. The lowest BCUT2D eigenvalue weighted by Crippen LogP contribution is -2.24. The average Bonchev–Trinajstić information content (AvgIpc) is 3.17. The first-order valence-corrected chi connectivity index (χ1v) is 9.44. The Labute approximate surface area is 160 Å². The van der Waals surface area contributed by atoms with Crippen molar-refractivity contribution in [3.8, 4) is 0 Å². The number of pyridine rings is 1. The Morgan fingerprint density at radius 2 is 1.67 bits per heavy atom. The van der Waals surface area contributed by atoms with Crippen LogP contribution < -0.4 is 15.5 Å². The normalized spacial score (nSPS) is 13.7. The first-order chi connectivity index (χ1) is 13.0. The highest BCUT2D eigenvalue weighted by atomic mass is 16.2. The van der Waals surface area contributed by atoms with Crippen LogP contribution in [0.3, 0.4) is 0 Å². The lowest BCUT2D eigenvalue weighted by atomic mass is 10.1. The van der Waals surface area contributed by atoms with E-state index in [1.54, 1.807) is 42.6 Å². The Balaban J connectivity index is 1.65. The summed E-state index contributed by atoms with van der Waals surface area (Å²) in [5.41, 5.74) is 1.98. The molecule has 2 N–H and O–H groups in total. The van der Waals surface area contributed by atoms with Gasteiger partial charge in [-0.3, -0.25) is 9.59 Å². The molecule has 1 aliphatic rings. The largest absolute Gasteiger partial charge is 0.356 e. The maximum atomic E-state index is 12.7. The molecule has 27 heavy (non-hydrogen) atoms. The molecule has 142 valence electrons. The number of hydrogen-bond donors (Lipinski definition) is 2. The summed E-state index contributed by atoms with van der Waals surface area (Å²) in [6.07, 6.45) is 4.46. The number of nitrogens with zero attached hydrogens (tertiary/aromatic N) is 2. The zero-order valence-corrected chi connectivity index (χ0v) is 15.9. The highest BCUT2D eigenvalue weighted by Crippen LogP contribution is 2.23. The van der Waals surface area contributed by atoms with Crippen LogP contribution in [0, 0.1) is 5.92 Å². The molecule has 2 amide bonds. The summed E-state index contributed by atoms with van der Waals surface area (Å²) in [6, 6.07) is 10.7. The van der Waals surface area contributed by atoms with Crippen molar-refractivity contribution < 1.29 is 9.59 Å². The summed E-state index contributed by atoms with van der Waals surface area (Å²) in [7, 11) is 0. The lowest BCUT2D eigenvalue weighted by Gasteiger charge is -2.19. The third-order valence-electron chi connectivity index (χ3n) is 4.46. The molecule has 2 heterocycles. The quantitative estimate of drug-likeness (QED) is 0.813. The molecule has 0 aliphatic carbocycles. The molecular formula is C21H26N4O2. The van der Waals surface area contributed by atoms with E-state index in [0.29, 0.717) is 23.6 Å². The van der Waals surface area contributed by atoms with Crippen LogP contribution in [0.2, 0.25) is 0 Å². The standard InChI is InChI=1S/C21H26N4O2/c1-15(2)14-19(26)23-16-7-9-17(10-8-16)24-21(27)18-6-5-11-22-20(18)25-12-3-4-13-25/h5-11,15H,3-4,12-14H2,1-2H3,(H,23,26)(H,24,27). The van der Waals surface area contributed by atoms with Crippen molar-refractivity contribution in [2.45, 2.75) is 33.1 Å². The average molecular weight is 366 g/mol. The van der Waals surface area contributed by atoms with Crippen molar-refractivity contribution in [3.05, 3.63) is 48.2 Å². The van der Waals surface area contributed by atoms with E-state index < -0.39 is 0 Å². The van der Waals surface area contributed by atoms with E-state index >= 15 is 0 Å². The number of hydrogen-bond acceptors (Lipinski definition) is 4. The van der Waals surface area contributed by atoms with Crippen LogP contribution in [0.4, 0.5) is 17.2 Å².